The van der Waals surface area contributed by atoms with Crippen molar-refractivity contribution in [1.82, 2.24) is 34.6 Å². The summed E-state index contributed by atoms with van der Waals surface area (Å²) in [5.74, 6) is 0.878. The van der Waals surface area contributed by atoms with Gasteiger partial charge in [0, 0.05) is 63.1 Å². The smallest absolute Gasteiger partial charge is 0.343 e. The van der Waals surface area contributed by atoms with Gasteiger partial charge in [0.1, 0.15) is 5.82 Å². The maximum Gasteiger partial charge on any atom is 0.343 e. The lowest BCUT2D eigenvalue weighted by Gasteiger charge is -2.39. The van der Waals surface area contributed by atoms with Crippen LogP contribution in [0.15, 0.2) is 54.7 Å². The second-order valence-electron chi connectivity index (χ2n) is 13.0. The van der Waals surface area contributed by atoms with Gasteiger partial charge in [-0.2, -0.15) is 9.99 Å². The van der Waals surface area contributed by atoms with Gasteiger partial charge in [-0.25, -0.2) is 14.8 Å². The molecule has 0 spiro atoms. The molecule has 4 fully saturated rings. The zero-order chi connectivity index (χ0) is 31.1. The minimum absolute atomic E-state index is 0.0106. The van der Waals surface area contributed by atoms with Gasteiger partial charge in [0.15, 0.2) is 0 Å². The second kappa shape index (κ2) is 10.2. The standard InChI is InChI=1S/C33H33N9O4/c43-29-10-14-41(33(46)36-29)42-30(44)24-6-5-21(16-25(24)31(42)45)40-19-22-15-23(40)18-38(22)17-20-7-11-37(12-8-20)28-9-13-39-27-4-2-1-3-26(27)34-32(39)35-28/h1-6,9,13,16,20,22-23H,7-8,10-12,14-15,17-19H2,(H,36,43,46)/t22-,23-/m1/s1. The molecule has 2 aromatic carbocycles. The lowest BCUT2D eigenvalue weighted by Crippen LogP contribution is -2.58. The molecule has 5 aliphatic heterocycles. The van der Waals surface area contributed by atoms with Gasteiger partial charge < -0.3 is 9.80 Å². The van der Waals surface area contributed by atoms with Crippen molar-refractivity contribution in [3.63, 3.8) is 0 Å². The monoisotopic (exact) mass is 619 g/mol. The first-order valence-corrected chi connectivity index (χ1v) is 16.0. The molecular formula is C33H33N9O4. The topological polar surface area (TPSA) is 127 Å². The molecule has 1 N–H and O–H groups in total. The number of rotatable bonds is 5. The highest BCUT2D eigenvalue weighted by atomic mass is 16.2. The number of likely N-dealkylation sites (tertiary alicyclic amines) is 1. The molecule has 2 atom stereocenters. The molecule has 4 saturated heterocycles. The highest BCUT2D eigenvalue weighted by Gasteiger charge is 2.46. The lowest BCUT2D eigenvalue weighted by molar-refractivity contribution is -0.122. The molecule has 0 saturated carbocycles. The molecule has 2 aromatic heterocycles. The average molecular weight is 620 g/mol. The van der Waals surface area contributed by atoms with E-state index in [1.54, 1.807) is 12.1 Å². The summed E-state index contributed by atoms with van der Waals surface area (Å²) in [5.41, 5.74) is 3.54. The number of benzene rings is 2. The molecule has 13 heteroatoms. The van der Waals surface area contributed by atoms with Crippen molar-refractivity contribution in [3.8, 4) is 0 Å². The summed E-state index contributed by atoms with van der Waals surface area (Å²) in [6.45, 7) is 4.91. The Morgan fingerprint density at radius 3 is 2.48 bits per heavy atom. The first-order chi connectivity index (χ1) is 22.4. The number of carbonyl (C=O) groups excluding carboxylic acids is 4. The van der Waals surface area contributed by atoms with Crippen LogP contribution < -0.4 is 15.1 Å². The van der Waals surface area contributed by atoms with Crippen molar-refractivity contribution in [2.24, 2.45) is 5.92 Å². The number of piperazine rings is 1. The second-order valence-corrected chi connectivity index (χ2v) is 13.0. The zero-order valence-corrected chi connectivity index (χ0v) is 25.2. The third-order valence-electron chi connectivity index (χ3n) is 10.4. The number of imidazole rings is 1. The summed E-state index contributed by atoms with van der Waals surface area (Å²) in [4.78, 5) is 67.3. The quantitative estimate of drug-likeness (QED) is 0.336. The van der Waals surface area contributed by atoms with Crippen LogP contribution in [-0.4, -0.2) is 104 Å². The SMILES string of the molecule is O=C1CCN(N2C(=O)c3ccc(N4C[C@H]5C[C@@H]4CN5CC4CCN(c5ccn6c(n5)nc5ccccc56)CC4)cc3C2=O)C(=O)N1. The van der Waals surface area contributed by atoms with Gasteiger partial charge >= 0.3 is 6.03 Å². The number of anilines is 2. The largest absolute Gasteiger partial charge is 0.366 e. The molecule has 46 heavy (non-hydrogen) atoms. The number of nitrogens with zero attached hydrogens (tertiary/aromatic N) is 8. The van der Waals surface area contributed by atoms with Crippen molar-refractivity contribution in [2.75, 3.05) is 49.1 Å². The maximum absolute atomic E-state index is 13.3. The number of amides is 5. The van der Waals surface area contributed by atoms with Gasteiger partial charge in [0.25, 0.3) is 11.8 Å². The molecule has 0 unspecified atom stereocenters. The Labute approximate surface area is 264 Å². The van der Waals surface area contributed by atoms with Crippen molar-refractivity contribution in [1.29, 1.82) is 0 Å². The van der Waals surface area contributed by atoms with Crippen molar-refractivity contribution >= 4 is 52.1 Å². The van der Waals surface area contributed by atoms with Gasteiger partial charge in [-0.1, -0.05) is 12.1 Å². The molecule has 5 amide bonds. The Balaban J connectivity index is 0.822. The molecule has 9 rings (SSSR count). The molecule has 13 nitrogen and oxygen atoms in total. The van der Waals surface area contributed by atoms with Crippen LogP contribution >= 0.6 is 0 Å². The van der Waals surface area contributed by atoms with Crippen LogP contribution in [-0.2, 0) is 4.79 Å². The summed E-state index contributed by atoms with van der Waals surface area (Å²) in [6.07, 6.45) is 5.45. The summed E-state index contributed by atoms with van der Waals surface area (Å²) >= 11 is 0. The number of nitrogens with one attached hydrogen (secondary N) is 1. The van der Waals surface area contributed by atoms with Gasteiger partial charge in [-0.05, 0) is 61.6 Å². The molecule has 5 aliphatic rings. The van der Waals surface area contributed by atoms with Crippen LogP contribution in [0.4, 0.5) is 16.3 Å². The number of piperidine rings is 1. The fourth-order valence-corrected chi connectivity index (χ4v) is 8.04. The number of urea groups is 1. The van der Waals surface area contributed by atoms with Gasteiger partial charge in [-0.15, -0.1) is 0 Å². The maximum atomic E-state index is 13.3. The third-order valence-corrected chi connectivity index (χ3v) is 10.4. The minimum atomic E-state index is -0.755. The fourth-order valence-electron chi connectivity index (χ4n) is 8.04. The number of hydrogen-bond donors (Lipinski definition) is 1. The summed E-state index contributed by atoms with van der Waals surface area (Å²) in [6, 6.07) is 15.7. The molecule has 234 valence electrons. The van der Waals surface area contributed by atoms with E-state index in [9.17, 15) is 19.2 Å². The van der Waals surface area contributed by atoms with Crippen molar-refractivity contribution < 1.29 is 19.2 Å². The molecule has 0 aliphatic carbocycles. The predicted octanol–water partition coefficient (Wildman–Crippen LogP) is 2.51. The normalized spacial score (nSPS) is 23.8. The van der Waals surface area contributed by atoms with Crippen molar-refractivity contribution in [2.45, 2.75) is 37.8 Å². The lowest BCUT2D eigenvalue weighted by atomic mass is 9.95. The van der Waals surface area contributed by atoms with E-state index in [0.29, 0.717) is 23.6 Å². The Bertz CT molecular complexity index is 1950. The number of imide groups is 2. The average Bonchev–Trinajstić information content (AvgIpc) is 3.82. The van der Waals surface area contributed by atoms with Gasteiger partial charge in [0.2, 0.25) is 11.7 Å². The molecular weight excluding hydrogens is 586 g/mol. The zero-order valence-electron chi connectivity index (χ0n) is 25.2. The first kappa shape index (κ1) is 27.3. The summed E-state index contributed by atoms with van der Waals surface area (Å²) in [5, 5.41) is 4.08. The Kier molecular flexibility index (Phi) is 6.07. The number of hydrazine groups is 1. The number of carbonyl (C=O) groups is 4. The number of fused-ring (bicyclic) bond motifs is 6. The Hall–Kier alpha value is -5.04. The van der Waals surface area contributed by atoms with E-state index in [2.05, 4.69) is 38.3 Å². The Morgan fingerprint density at radius 2 is 1.67 bits per heavy atom. The fraction of sp³-hybridized carbons (Fsp3) is 0.394. The van der Waals surface area contributed by atoms with E-state index >= 15 is 0 Å². The van der Waals surface area contributed by atoms with E-state index in [1.165, 1.54) is 0 Å². The Morgan fingerprint density at radius 1 is 0.848 bits per heavy atom. The third kappa shape index (κ3) is 4.25. The van der Waals surface area contributed by atoms with Crippen LogP contribution in [0.2, 0.25) is 0 Å². The predicted molar refractivity (Wildman–Crippen MR) is 168 cm³/mol. The number of aromatic nitrogens is 3. The summed E-state index contributed by atoms with van der Waals surface area (Å²) in [7, 11) is 0. The summed E-state index contributed by atoms with van der Waals surface area (Å²) < 4.78 is 2.05. The molecule has 4 aromatic rings. The van der Waals surface area contributed by atoms with E-state index in [1.807, 2.05) is 28.7 Å². The highest BCUT2D eigenvalue weighted by molar-refractivity contribution is 6.22. The van der Waals surface area contributed by atoms with E-state index in [-0.39, 0.29) is 18.5 Å². The minimum Gasteiger partial charge on any atom is -0.366 e. The van der Waals surface area contributed by atoms with Crippen LogP contribution in [0.25, 0.3) is 16.8 Å². The molecule has 0 radical (unpaired) electrons. The first-order valence-electron chi connectivity index (χ1n) is 16.0. The van der Waals surface area contributed by atoms with Crippen LogP contribution in [0.5, 0.6) is 0 Å². The van der Waals surface area contributed by atoms with E-state index < -0.39 is 23.8 Å². The highest BCUT2D eigenvalue weighted by Crippen LogP contribution is 2.38. The number of para-hydroxylation sites is 2. The van der Waals surface area contributed by atoms with E-state index in [4.69, 9.17) is 9.97 Å². The van der Waals surface area contributed by atoms with Crippen LogP contribution in [0, 0.1) is 5.92 Å². The van der Waals surface area contributed by atoms with Crippen LogP contribution in [0.1, 0.15) is 46.4 Å². The van der Waals surface area contributed by atoms with Gasteiger partial charge in [-0.3, -0.25) is 29.0 Å². The molecule has 2 bridgehead atoms. The molecule has 7 heterocycles. The van der Waals surface area contributed by atoms with Crippen LogP contribution in [0.3, 0.4) is 0 Å². The van der Waals surface area contributed by atoms with E-state index in [0.717, 1.165) is 90.3 Å². The number of hydrogen-bond acceptors (Lipinski definition) is 9. The van der Waals surface area contributed by atoms with Crippen molar-refractivity contribution in [3.05, 3.63) is 65.9 Å². The van der Waals surface area contributed by atoms with Gasteiger partial charge in [0.05, 0.1) is 28.7 Å².